The average molecular weight is 225 g/mol. The lowest BCUT2D eigenvalue weighted by atomic mass is 9.96. The standard InChI is InChI=1S/C13H27N3/c1-10(2)14-13(15-11(3)4)16-12-8-6-5-7-9-12/h10-12H,5-9H2,1-4H3,(H2,14,15,16). The predicted octanol–water partition coefficient (Wildman–Crippen LogP) is 2.67. The van der Waals surface area contributed by atoms with Crippen molar-refractivity contribution in [3.05, 3.63) is 0 Å². The number of nitrogens with one attached hydrogen (secondary N) is 2. The lowest BCUT2D eigenvalue weighted by Gasteiger charge is -2.22. The summed E-state index contributed by atoms with van der Waals surface area (Å²) in [4.78, 5) is 4.81. The van der Waals surface area contributed by atoms with Crippen LogP contribution in [0.3, 0.4) is 0 Å². The van der Waals surface area contributed by atoms with E-state index in [2.05, 4.69) is 38.3 Å². The van der Waals surface area contributed by atoms with Gasteiger partial charge < -0.3 is 10.6 Å². The molecule has 1 aliphatic carbocycles. The molecule has 3 heteroatoms. The first-order valence-corrected chi connectivity index (χ1v) is 6.69. The van der Waals surface area contributed by atoms with Gasteiger partial charge in [-0.3, -0.25) is 0 Å². The summed E-state index contributed by atoms with van der Waals surface area (Å²) < 4.78 is 0. The normalized spacial score (nSPS) is 17.6. The number of hydrogen-bond donors (Lipinski definition) is 2. The van der Waals surface area contributed by atoms with Gasteiger partial charge in [0.25, 0.3) is 0 Å². The van der Waals surface area contributed by atoms with Crippen LogP contribution < -0.4 is 10.6 Å². The largest absolute Gasteiger partial charge is 0.354 e. The van der Waals surface area contributed by atoms with Crippen LogP contribution in [0.5, 0.6) is 0 Å². The second-order valence-electron chi connectivity index (χ2n) is 5.37. The number of guanidine groups is 1. The summed E-state index contributed by atoms with van der Waals surface area (Å²) in [5.41, 5.74) is 0. The summed E-state index contributed by atoms with van der Waals surface area (Å²) in [5, 5.41) is 6.79. The molecule has 0 heterocycles. The summed E-state index contributed by atoms with van der Waals surface area (Å²) in [6.07, 6.45) is 6.57. The van der Waals surface area contributed by atoms with Crippen LogP contribution in [0, 0.1) is 0 Å². The first-order chi connectivity index (χ1) is 7.58. The third-order valence-corrected chi connectivity index (χ3v) is 2.74. The highest BCUT2D eigenvalue weighted by atomic mass is 15.2. The molecule has 1 rings (SSSR count). The maximum Gasteiger partial charge on any atom is 0.191 e. The Morgan fingerprint density at radius 1 is 0.938 bits per heavy atom. The molecular weight excluding hydrogens is 198 g/mol. The van der Waals surface area contributed by atoms with E-state index in [1.54, 1.807) is 0 Å². The van der Waals surface area contributed by atoms with E-state index >= 15 is 0 Å². The quantitative estimate of drug-likeness (QED) is 0.572. The topological polar surface area (TPSA) is 36.4 Å². The second kappa shape index (κ2) is 6.77. The van der Waals surface area contributed by atoms with Crippen LogP contribution >= 0.6 is 0 Å². The Hall–Kier alpha value is -0.730. The van der Waals surface area contributed by atoms with Crippen LogP contribution in [-0.2, 0) is 0 Å². The molecule has 0 aromatic rings. The molecule has 1 saturated carbocycles. The van der Waals surface area contributed by atoms with E-state index in [4.69, 9.17) is 4.99 Å². The summed E-state index contributed by atoms with van der Waals surface area (Å²) in [5.74, 6) is 0.983. The summed E-state index contributed by atoms with van der Waals surface area (Å²) >= 11 is 0. The molecule has 16 heavy (non-hydrogen) atoms. The van der Waals surface area contributed by atoms with E-state index in [9.17, 15) is 0 Å². The zero-order valence-corrected chi connectivity index (χ0v) is 11.2. The lowest BCUT2D eigenvalue weighted by Crippen LogP contribution is -2.44. The van der Waals surface area contributed by atoms with Crippen molar-refractivity contribution in [1.82, 2.24) is 10.6 Å². The maximum atomic E-state index is 4.81. The first kappa shape index (κ1) is 13.3. The van der Waals surface area contributed by atoms with E-state index in [0.717, 1.165) is 5.96 Å². The van der Waals surface area contributed by atoms with Crippen molar-refractivity contribution < 1.29 is 0 Å². The van der Waals surface area contributed by atoms with Gasteiger partial charge in [-0.15, -0.1) is 0 Å². The summed E-state index contributed by atoms with van der Waals surface area (Å²) in [6.45, 7) is 8.60. The van der Waals surface area contributed by atoms with Gasteiger partial charge in [-0.1, -0.05) is 19.3 Å². The van der Waals surface area contributed by atoms with Gasteiger partial charge in [0, 0.05) is 12.1 Å². The molecule has 0 aromatic carbocycles. The van der Waals surface area contributed by atoms with E-state index in [0.29, 0.717) is 18.1 Å². The van der Waals surface area contributed by atoms with Gasteiger partial charge in [0.05, 0.1) is 6.04 Å². The van der Waals surface area contributed by atoms with E-state index < -0.39 is 0 Å². The molecule has 0 radical (unpaired) electrons. The SMILES string of the molecule is CC(C)NC(=NC1CCCCC1)NC(C)C. The monoisotopic (exact) mass is 225 g/mol. The summed E-state index contributed by atoms with van der Waals surface area (Å²) in [7, 11) is 0. The Kier molecular flexibility index (Phi) is 5.64. The van der Waals surface area contributed by atoms with Gasteiger partial charge in [0.15, 0.2) is 5.96 Å². The molecule has 0 aliphatic heterocycles. The van der Waals surface area contributed by atoms with Crippen molar-refractivity contribution in [2.45, 2.75) is 77.9 Å². The minimum Gasteiger partial charge on any atom is -0.354 e. The number of hydrogen-bond acceptors (Lipinski definition) is 1. The van der Waals surface area contributed by atoms with E-state index in [-0.39, 0.29) is 0 Å². The molecule has 0 unspecified atom stereocenters. The van der Waals surface area contributed by atoms with Gasteiger partial charge in [0.2, 0.25) is 0 Å². The fourth-order valence-electron chi connectivity index (χ4n) is 2.06. The van der Waals surface area contributed by atoms with E-state index in [1.807, 2.05) is 0 Å². The zero-order chi connectivity index (χ0) is 12.0. The molecule has 3 nitrogen and oxygen atoms in total. The van der Waals surface area contributed by atoms with Gasteiger partial charge in [-0.05, 0) is 40.5 Å². The van der Waals surface area contributed by atoms with Gasteiger partial charge in [0.1, 0.15) is 0 Å². The minimum absolute atomic E-state index is 0.439. The number of rotatable bonds is 3. The van der Waals surface area contributed by atoms with Gasteiger partial charge in [-0.2, -0.15) is 0 Å². The first-order valence-electron chi connectivity index (χ1n) is 6.69. The van der Waals surface area contributed by atoms with Crippen LogP contribution in [0.15, 0.2) is 4.99 Å². The molecule has 94 valence electrons. The Labute approximate surface area is 100 Å². The molecule has 1 aliphatic rings. The third-order valence-electron chi connectivity index (χ3n) is 2.74. The predicted molar refractivity (Wildman–Crippen MR) is 70.9 cm³/mol. The minimum atomic E-state index is 0.439. The highest BCUT2D eigenvalue weighted by molar-refractivity contribution is 5.80. The average Bonchev–Trinajstić information content (AvgIpc) is 2.16. The Balaban J connectivity index is 2.54. The van der Waals surface area contributed by atoms with Crippen molar-refractivity contribution in [2.24, 2.45) is 4.99 Å². The fraction of sp³-hybridized carbons (Fsp3) is 0.923. The van der Waals surface area contributed by atoms with Crippen molar-refractivity contribution in [1.29, 1.82) is 0 Å². The fourth-order valence-corrected chi connectivity index (χ4v) is 2.06. The van der Waals surface area contributed by atoms with Crippen LogP contribution in [0.1, 0.15) is 59.8 Å². The van der Waals surface area contributed by atoms with Crippen LogP contribution in [-0.4, -0.2) is 24.1 Å². The number of nitrogens with zero attached hydrogens (tertiary/aromatic N) is 1. The Bertz CT molecular complexity index is 203. The maximum absolute atomic E-state index is 4.81. The molecular formula is C13H27N3. The van der Waals surface area contributed by atoms with Crippen molar-refractivity contribution in [3.8, 4) is 0 Å². The zero-order valence-electron chi connectivity index (χ0n) is 11.2. The molecule has 0 spiro atoms. The smallest absolute Gasteiger partial charge is 0.191 e. The molecule has 0 atom stereocenters. The van der Waals surface area contributed by atoms with Crippen LogP contribution in [0.2, 0.25) is 0 Å². The van der Waals surface area contributed by atoms with Crippen molar-refractivity contribution in [2.75, 3.05) is 0 Å². The van der Waals surface area contributed by atoms with E-state index in [1.165, 1.54) is 32.1 Å². The number of aliphatic imine (C=N–C) groups is 1. The Morgan fingerprint density at radius 3 is 1.88 bits per heavy atom. The molecule has 1 fully saturated rings. The van der Waals surface area contributed by atoms with Crippen LogP contribution in [0.4, 0.5) is 0 Å². The molecule has 2 N–H and O–H groups in total. The third kappa shape index (κ3) is 5.38. The summed E-state index contributed by atoms with van der Waals surface area (Å²) in [6, 6.07) is 1.41. The highest BCUT2D eigenvalue weighted by Crippen LogP contribution is 2.20. The van der Waals surface area contributed by atoms with Crippen LogP contribution in [0.25, 0.3) is 0 Å². The lowest BCUT2D eigenvalue weighted by molar-refractivity contribution is 0.439. The Morgan fingerprint density at radius 2 is 1.44 bits per heavy atom. The van der Waals surface area contributed by atoms with Gasteiger partial charge >= 0.3 is 0 Å². The second-order valence-corrected chi connectivity index (χ2v) is 5.37. The highest BCUT2D eigenvalue weighted by Gasteiger charge is 2.13. The molecule has 0 bridgehead atoms. The van der Waals surface area contributed by atoms with Gasteiger partial charge in [-0.25, -0.2) is 4.99 Å². The molecule has 0 aromatic heterocycles. The van der Waals surface area contributed by atoms with Crippen molar-refractivity contribution in [3.63, 3.8) is 0 Å². The van der Waals surface area contributed by atoms with Crippen molar-refractivity contribution >= 4 is 5.96 Å². The molecule has 0 saturated heterocycles. The molecule has 0 amide bonds.